The molecule has 2 saturated heterocycles. The fourth-order valence-corrected chi connectivity index (χ4v) is 10.8. The Morgan fingerprint density at radius 3 is 1.17 bits per heavy atom. The van der Waals surface area contributed by atoms with Gasteiger partial charge in [0.05, 0.1) is 31.4 Å². The van der Waals surface area contributed by atoms with Crippen molar-refractivity contribution in [2.24, 2.45) is 11.8 Å². The molecule has 280 valence electrons. The van der Waals surface area contributed by atoms with E-state index < -0.39 is 41.7 Å². The average Bonchev–Trinajstić information content (AvgIpc) is 3.15. The number of sulfone groups is 1. The number of sulfonamides is 2. The van der Waals surface area contributed by atoms with Crippen LogP contribution in [0.1, 0.15) is 36.8 Å². The van der Waals surface area contributed by atoms with E-state index in [1.165, 1.54) is 57.1 Å². The number of rotatable bonds is 10. The van der Waals surface area contributed by atoms with E-state index >= 15 is 0 Å². The molecule has 0 aromatic heterocycles. The second kappa shape index (κ2) is 15.5. The number of nitrogens with zero attached hydrogens (tertiary/aromatic N) is 2. The zero-order chi connectivity index (χ0) is 38.0. The van der Waals surface area contributed by atoms with E-state index in [9.17, 15) is 34.8 Å². The average molecular weight is 779 g/mol. The summed E-state index contributed by atoms with van der Waals surface area (Å²) in [6, 6.07) is 24.6. The van der Waals surface area contributed by atoms with Crippen molar-refractivity contribution in [3.05, 3.63) is 108 Å². The van der Waals surface area contributed by atoms with Gasteiger partial charge in [-0.3, -0.25) is 9.59 Å². The third kappa shape index (κ3) is 8.54. The molecule has 2 aliphatic rings. The highest BCUT2D eigenvalue weighted by Crippen LogP contribution is 2.29. The molecule has 0 spiro atoms. The van der Waals surface area contributed by atoms with Gasteiger partial charge in [0.2, 0.25) is 41.7 Å². The molecule has 4 aromatic carbocycles. The molecule has 12 nitrogen and oxygen atoms in total. The van der Waals surface area contributed by atoms with Crippen molar-refractivity contribution in [3.8, 4) is 0 Å². The maximum atomic E-state index is 13.4. The van der Waals surface area contributed by atoms with Crippen molar-refractivity contribution >= 4 is 53.1 Å². The molecule has 2 N–H and O–H groups in total. The topological polar surface area (TPSA) is 167 Å². The molecule has 6 rings (SSSR count). The van der Waals surface area contributed by atoms with Crippen molar-refractivity contribution in [1.82, 2.24) is 8.61 Å². The van der Waals surface area contributed by atoms with Crippen LogP contribution in [0.2, 0.25) is 0 Å². The summed E-state index contributed by atoms with van der Waals surface area (Å²) in [5, 5.41) is 5.58. The van der Waals surface area contributed by atoms with E-state index in [1.807, 2.05) is 13.8 Å². The van der Waals surface area contributed by atoms with E-state index in [0.717, 1.165) is 11.1 Å². The van der Waals surface area contributed by atoms with Crippen LogP contribution in [0, 0.1) is 25.7 Å². The van der Waals surface area contributed by atoms with E-state index in [-0.39, 0.29) is 44.5 Å². The fourth-order valence-electron chi connectivity index (χ4n) is 6.53. The number of amides is 2. The van der Waals surface area contributed by atoms with Gasteiger partial charge in [-0.25, -0.2) is 25.3 Å². The number of carbonyl (C=O) groups is 2. The van der Waals surface area contributed by atoms with Gasteiger partial charge in [0.15, 0.2) is 0 Å². The Balaban J connectivity index is 1.04. The lowest BCUT2D eigenvalue weighted by atomic mass is 9.99. The van der Waals surface area contributed by atoms with Crippen LogP contribution in [-0.2, 0) is 39.5 Å². The van der Waals surface area contributed by atoms with Crippen LogP contribution in [0.15, 0.2) is 117 Å². The van der Waals surface area contributed by atoms with Crippen LogP contribution in [0.5, 0.6) is 0 Å². The molecule has 2 heterocycles. The first-order valence-electron chi connectivity index (χ1n) is 17.4. The summed E-state index contributed by atoms with van der Waals surface area (Å²) in [4.78, 5) is 26.7. The number of piperidine rings is 2. The molecule has 0 unspecified atom stereocenters. The van der Waals surface area contributed by atoms with Crippen molar-refractivity contribution < 1.29 is 34.8 Å². The van der Waals surface area contributed by atoms with Crippen molar-refractivity contribution in [3.63, 3.8) is 0 Å². The van der Waals surface area contributed by atoms with E-state index in [4.69, 9.17) is 0 Å². The van der Waals surface area contributed by atoms with Gasteiger partial charge in [-0.2, -0.15) is 8.61 Å². The number of nitrogens with one attached hydrogen (secondary N) is 2. The number of hydrogen-bond acceptors (Lipinski definition) is 8. The molecule has 4 aromatic rings. The first-order chi connectivity index (χ1) is 25.1. The Labute approximate surface area is 311 Å². The summed E-state index contributed by atoms with van der Waals surface area (Å²) < 4.78 is 82.3. The molecule has 2 fully saturated rings. The highest BCUT2D eigenvalue weighted by atomic mass is 32.2. The van der Waals surface area contributed by atoms with Gasteiger partial charge < -0.3 is 10.6 Å². The van der Waals surface area contributed by atoms with Crippen molar-refractivity contribution in [1.29, 1.82) is 0 Å². The van der Waals surface area contributed by atoms with Gasteiger partial charge in [0.1, 0.15) is 0 Å². The van der Waals surface area contributed by atoms with E-state index in [1.54, 1.807) is 48.5 Å². The lowest BCUT2D eigenvalue weighted by Crippen LogP contribution is -2.43. The molecule has 15 heteroatoms. The van der Waals surface area contributed by atoms with Crippen LogP contribution in [0.3, 0.4) is 0 Å². The maximum Gasteiger partial charge on any atom is 0.243 e. The minimum Gasteiger partial charge on any atom is -0.326 e. The summed E-state index contributed by atoms with van der Waals surface area (Å²) in [5.74, 6) is -1.85. The number of hydrogen-bond donors (Lipinski definition) is 2. The lowest BCUT2D eigenvalue weighted by Gasteiger charge is -2.31. The monoisotopic (exact) mass is 778 g/mol. The lowest BCUT2D eigenvalue weighted by molar-refractivity contribution is -0.121. The fraction of sp³-hybridized carbons (Fsp3) is 0.316. The van der Waals surface area contributed by atoms with E-state index in [2.05, 4.69) is 10.6 Å². The van der Waals surface area contributed by atoms with Gasteiger partial charge in [-0.05, 0) is 112 Å². The van der Waals surface area contributed by atoms with Crippen LogP contribution < -0.4 is 10.6 Å². The molecule has 0 bridgehead atoms. The van der Waals surface area contributed by atoms with Gasteiger partial charge in [-0.1, -0.05) is 35.4 Å². The number of aryl methyl sites for hydroxylation is 2. The van der Waals surface area contributed by atoms with Crippen LogP contribution >= 0.6 is 0 Å². The Kier molecular flexibility index (Phi) is 11.2. The number of anilines is 2. The molecular weight excluding hydrogens is 737 g/mol. The number of carbonyl (C=O) groups excluding carboxylic acids is 2. The Morgan fingerprint density at radius 2 is 0.830 bits per heavy atom. The first kappa shape index (κ1) is 38.3. The largest absolute Gasteiger partial charge is 0.326 e. The third-order valence-corrected chi connectivity index (χ3v) is 15.2. The minimum absolute atomic E-state index is 0.00241. The quantitative estimate of drug-likeness (QED) is 0.221. The zero-order valence-corrected chi connectivity index (χ0v) is 31.9. The second-order valence-corrected chi connectivity index (χ2v) is 19.4. The molecule has 2 aliphatic heterocycles. The molecule has 53 heavy (non-hydrogen) atoms. The predicted octanol–water partition coefficient (Wildman–Crippen LogP) is 5.22. The summed E-state index contributed by atoms with van der Waals surface area (Å²) in [5.41, 5.74) is 2.63. The van der Waals surface area contributed by atoms with E-state index in [0.29, 0.717) is 50.1 Å². The normalized spacial score (nSPS) is 19.0. The van der Waals surface area contributed by atoms with Gasteiger partial charge >= 0.3 is 0 Å². The van der Waals surface area contributed by atoms with Crippen LogP contribution in [0.25, 0.3) is 0 Å². The highest BCUT2D eigenvalue weighted by molar-refractivity contribution is 7.91. The summed E-state index contributed by atoms with van der Waals surface area (Å²) >= 11 is 0. The van der Waals surface area contributed by atoms with Gasteiger partial charge in [-0.15, -0.1) is 0 Å². The maximum absolute atomic E-state index is 13.4. The van der Waals surface area contributed by atoms with Crippen molar-refractivity contribution in [2.45, 2.75) is 59.1 Å². The molecule has 0 radical (unpaired) electrons. The smallest absolute Gasteiger partial charge is 0.243 e. The molecule has 2 amide bonds. The SMILES string of the molecule is Cc1ccc(S(=O)(=O)N2CCC[C@@H](C(=O)Nc3ccc(S(=O)(=O)c4ccc(NC(=O)[C@@H]5CCCN(S(=O)(=O)c6ccc(C)cc6)C5)cc4)cc3)C2)cc1. The third-order valence-electron chi connectivity index (χ3n) is 9.69. The first-order valence-corrected chi connectivity index (χ1v) is 21.7. The van der Waals surface area contributed by atoms with Gasteiger partial charge in [0, 0.05) is 37.6 Å². The summed E-state index contributed by atoms with van der Waals surface area (Å²) in [6.07, 6.45) is 2.09. The predicted molar refractivity (Wildman–Crippen MR) is 201 cm³/mol. The zero-order valence-electron chi connectivity index (χ0n) is 29.4. The van der Waals surface area contributed by atoms with Crippen molar-refractivity contribution in [2.75, 3.05) is 36.8 Å². The molecule has 0 saturated carbocycles. The van der Waals surface area contributed by atoms with Crippen LogP contribution in [-0.4, -0.2) is 71.9 Å². The Morgan fingerprint density at radius 1 is 0.509 bits per heavy atom. The Hall–Kier alpha value is -4.41. The minimum atomic E-state index is -3.95. The molecular formula is C38H42N4O8S3. The summed E-state index contributed by atoms with van der Waals surface area (Å²) in [6.45, 7) is 4.47. The molecule has 0 aliphatic carbocycles. The van der Waals surface area contributed by atoms with Gasteiger partial charge in [0.25, 0.3) is 0 Å². The molecule has 2 atom stereocenters. The summed E-state index contributed by atoms with van der Waals surface area (Å²) in [7, 11) is -11.5. The standard InChI is InChI=1S/C38H42N4O8S3/c1-27-7-15-35(16-8-27)52(47,48)41-23-3-5-29(25-41)37(43)39-31-11-19-33(20-12-31)51(45,46)34-21-13-32(14-22-34)40-38(44)30-6-4-24-42(26-30)53(49,50)36-17-9-28(2)10-18-36/h7-22,29-30H,3-6,23-26H2,1-2H3,(H,39,43)(H,40,44)/t29-,30-/m1/s1. The highest BCUT2D eigenvalue weighted by Gasteiger charge is 2.35. The Bertz CT molecular complexity index is 2140. The second-order valence-electron chi connectivity index (χ2n) is 13.6. The van der Waals surface area contributed by atoms with Crippen LogP contribution in [0.4, 0.5) is 11.4 Å². The number of benzene rings is 4.